The SMILES string of the molecule is CC1(C(=O)N2CCCC2c2ccccc2Cl)CCCN1. The zero-order valence-electron chi connectivity index (χ0n) is 11.9. The van der Waals surface area contributed by atoms with Crippen LogP contribution in [0.2, 0.25) is 5.02 Å². The Kier molecular flexibility index (Phi) is 3.74. The average Bonchev–Trinajstić information content (AvgIpc) is 3.08. The normalized spacial score (nSPS) is 29.9. The molecule has 0 radical (unpaired) electrons. The molecule has 0 bridgehead atoms. The average molecular weight is 293 g/mol. The fourth-order valence-electron chi connectivity index (χ4n) is 3.47. The molecule has 108 valence electrons. The Labute approximate surface area is 125 Å². The Morgan fingerprint density at radius 2 is 2.20 bits per heavy atom. The van der Waals surface area contributed by atoms with Gasteiger partial charge in [0.1, 0.15) is 0 Å². The van der Waals surface area contributed by atoms with E-state index in [0.717, 1.165) is 49.4 Å². The van der Waals surface area contributed by atoms with Gasteiger partial charge in [-0.15, -0.1) is 0 Å². The largest absolute Gasteiger partial charge is 0.334 e. The van der Waals surface area contributed by atoms with E-state index in [4.69, 9.17) is 11.6 Å². The van der Waals surface area contributed by atoms with E-state index in [2.05, 4.69) is 5.32 Å². The van der Waals surface area contributed by atoms with Gasteiger partial charge in [-0.05, 0) is 50.8 Å². The minimum absolute atomic E-state index is 0.135. The van der Waals surface area contributed by atoms with Gasteiger partial charge in [0.05, 0.1) is 11.6 Å². The van der Waals surface area contributed by atoms with Gasteiger partial charge in [-0.3, -0.25) is 4.79 Å². The van der Waals surface area contributed by atoms with Crippen LogP contribution in [0.25, 0.3) is 0 Å². The zero-order valence-corrected chi connectivity index (χ0v) is 12.6. The molecular formula is C16H21ClN2O. The van der Waals surface area contributed by atoms with Gasteiger partial charge in [0, 0.05) is 11.6 Å². The second-order valence-electron chi connectivity index (χ2n) is 6.04. The monoisotopic (exact) mass is 292 g/mol. The molecule has 1 amide bonds. The van der Waals surface area contributed by atoms with Crippen molar-refractivity contribution < 1.29 is 4.79 Å². The molecule has 3 nitrogen and oxygen atoms in total. The molecule has 0 saturated carbocycles. The number of hydrogen-bond donors (Lipinski definition) is 1. The molecule has 1 aromatic rings. The Balaban J connectivity index is 1.86. The summed E-state index contributed by atoms with van der Waals surface area (Å²) in [5.74, 6) is 0.234. The van der Waals surface area contributed by atoms with E-state index in [-0.39, 0.29) is 17.5 Å². The van der Waals surface area contributed by atoms with Crippen molar-refractivity contribution in [3.05, 3.63) is 34.9 Å². The highest BCUT2D eigenvalue weighted by Crippen LogP contribution is 2.37. The first-order valence-electron chi connectivity index (χ1n) is 7.42. The fraction of sp³-hybridized carbons (Fsp3) is 0.562. The van der Waals surface area contributed by atoms with E-state index in [1.54, 1.807) is 0 Å². The second-order valence-corrected chi connectivity index (χ2v) is 6.45. The number of likely N-dealkylation sites (tertiary alicyclic amines) is 1. The van der Waals surface area contributed by atoms with Crippen LogP contribution in [-0.2, 0) is 4.79 Å². The van der Waals surface area contributed by atoms with Gasteiger partial charge >= 0.3 is 0 Å². The standard InChI is InChI=1S/C16H21ClN2O/c1-16(9-5-10-18-16)15(20)19-11-4-8-14(19)12-6-2-3-7-13(12)17/h2-3,6-7,14,18H,4-5,8-11H2,1H3. The fourth-order valence-corrected chi connectivity index (χ4v) is 3.73. The Bertz CT molecular complexity index is 511. The summed E-state index contributed by atoms with van der Waals surface area (Å²) in [6, 6.07) is 8.02. The van der Waals surface area contributed by atoms with Crippen LogP contribution in [-0.4, -0.2) is 29.4 Å². The summed E-state index contributed by atoms with van der Waals surface area (Å²) in [6.45, 7) is 3.81. The van der Waals surface area contributed by atoms with Gasteiger partial charge in [-0.2, -0.15) is 0 Å². The third-order valence-corrected chi connectivity index (χ3v) is 4.96. The van der Waals surface area contributed by atoms with Crippen LogP contribution in [0.1, 0.15) is 44.2 Å². The lowest BCUT2D eigenvalue weighted by atomic mass is 9.96. The number of benzene rings is 1. The summed E-state index contributed by atoms with van der Waals surface area (Å²) >= 11 is 6.32. The molecule has 4 heteroatoms. The number of carbonyl (C=O) groups excluding carboxylic acids is 1. The van der Waals surface area contributed by atoms with Gasteiger partial charge in [-0.1, -0.05) is 29.8 Å². The minimum atomic E-state index is -0.385. The zero-order chi connectivity index (χ0) is 14.2. The quantitative estimate of drug-likeness (QED) is 0.908. The lowest BCUT2D eigenvalue weighted by molar-refractivity contribution is -0.138. The maximum atomic E-state index is 12.9. The predicted molar refractivity (Wildman–Crippen MR) is 80.8 cm³/mol. The van der Waals surface area contributed by atoms with Gasteiger partial charge in [0.15, 0.2) is 0 Å². The maximum Gasteiger partial charge on any atom is 0.243 e. The van der Waals surface area contributed by atoms with Crippen molar-refractivity contribution in [3.8, 4) is 0 Å². The van der Waals surface area contributed by atoms with Crippen molar-refractivity contribution in [1.29, 1.82) is 0 Å². The lowest BCUT2D eigenvalue weighted by Crippen LogP contribution is -2.52. The first-order valence-corrected chi connectivity index (χ1v) is 7.80. The molecule has 2 atom stereocenters. The summed E-state index contributed by atoms with van der Waals surface area (Å²) in [5, 5.41) is 4.14. The van der Waals surface area contributed by atoms with Crippen molar-refractivity contribution in [2.24, 2.45) is 0 Å². The number of nitrogens with zero attached hydrogens (tertiary/aromatic N) is 1. The summed E-state index contributed by atoms with van der Waals surface area (Å²) < 4.78 is 0. The molecule has 0 aromatic heterocycles. The molecule has 1 N–H and O–H groups in total. The number of amides is 1. The van der Waals surface area contributed by atoms with Crippen LogP contribution < -0.4 is 5.32 Å². The number of rotatable bonds is 2. The second kappa shape index (κ2) is 5.38. The van der Waals surface area contributed by atoms with Gasteiger partial charge in [0.2, 0.25) is 5.91 Å². The van der Waals surface area contributed by atoms with Crippen molar-refractivity contribution in [2.75, 3.05) is 13.1 Å². The molecule has 2 saturated heterocycles. The molecule has 2 heterocycles. The number of hydrogen-bond acceptors (Lipinski definition) is 2. The first kappa shape index (κ1) is 13.9. The third kappa shape index (κ3) is 2.33. The van der Waals surface area contributed by atoms with Crippen molar-refractivity contribution >= 4 is 17.5 Å². The van der Waals surface area contributed by atoms with E-state index in [1.807, 2.05) is 36.1 Å². The highest BCUT2D eigenvalue weighted by atomic mass is 35.5. The molecule has 0 aliphatic carbocycles. The molecule has 20 heavy (non-hydrogen) atoms. The van der Waals surface area contributed by atoms with E-state index < -0.39 is 0 Å². The van der Waals surface area contributed by atoms with E-state index in [0.29, 0.717) is 0 Å². The molecule has 2 unspecified atom stereocenters. The molecular weight excluding hydrogens is 272 g/mol. The molecule has 2 fully saturated rings. The van der Waals surface area contributed by atoms with Gasteiger partial charge in [-0.25, -0.2) is 0 Å². The number of carbonyl (C=O) groups is 1. The summed E-state index contributed by atoms with van der Waals surface area (Å²) in [7, 11) is 0. The summed E-state index contributed by atoms with van der Waals surface area (Å²) in [4.78, 5) is 14.9. The Hall–Kier alpha value is -1.06. The van der Waals surface area contributed by atoms with Crippen LogP contribution >= 0.6 is 11.6 Å². The molecule has 2 aliphatic heterocycles. The Morgan fingerprint density at radius 3 is 2.90 bits per heavy atom. The third-order valence-electron chi connectivity index (χ3n) is 4.62. The molecule has 1 aromatic carbocycles. The van der Waals surface area contributed by atoms with Gasteiger partial charge in [0.25, 0.3) is 0 Å². The van der Waals surface area contributed by atoms with Crippen LogP contribution in [0.3, 0.4) is 0 Å². The van der Waals surface area contributed by atoms with Crippen LogP contribution in [0, 0.1) is 0 Å². The first-order chi connectivity index (χ1) is 9.62. The van der Waals surface area contributed by atoms with Crippen molar-refractivity contribution in [2.45, 2.75) is 44.2 Å². The van der Waals surface area contributed by atoms with E-state index >= 15 is 0 Å². The van der Waals surface area contributed by atoms with Crippen molar-refractivity contribution in [1.82, 2.24) is 10.2 Å². The molecule has 3 rings (SSSR count). The topological polar surface area (TPSA) is 32.3 Å². The van der Waals surface area contributed by atoms with E-state index in [1.165, 1.54) is 0 Å². The highest BCUT2D eigenvalue weighted by Gasteiger charge is 2.42. The van der Waals surface area contributed by atoms with Crippen molar-refractivity contribution in [3.63, 3.8) is 0 Å². The summed E-state index contributed by atoms with van der Waals surface area (Å²) in [5.41, 5.74) is 0.700. The van der Waals surface area contributed by atoms with E-state index in [9.17, 15) is 4.79 Å². The maximum absolute atomic E-state index is 12.9. The number of halogens is 1. The van der Waals surface area contributed by atoms with Crippen LogP contribution in [0.15, 0.2) is 24.3 Å². The smallest absolute Gasteiger partial charge is 0.243 e. The predicted octanol–water partition coefficient (Wildman–Crippen LogP) is 3.15. The minimum Gasteiger partial charge on any atom is -0.334 e. The summed E-state index contributed by atoms with van der Waals surface area (Å²) in [6.07, 6.45) is 4.06. The van der Waals surface area contributed by atoms with Crippen LogP contribution in [0.5, 0.6) is 0 Å². The van der Waals surface area contributed by atoms with Gasteiger partial charge < -0.3 is 10.2 Å². The molecule has 2 aliphatic rings. The molecule has 0 spiro atoms. The Morgan fingerprint density at radius 1 is 1.40 bits per heavy atom. The highest BCUT2D eigenvalue weighted by molar-refractivity contribution is 6.31. The lowest BCUT2D eigenvalue weighted by Gasteiger charge is -2.33. The van der Waals surface area contributed by atoms with Crippen LogP contribution in [0.4, 0.5) is 0 Å². The number of nitrogens with one attached hydrogen (secondary N) is 1.